The van der Waals surface area contributed by atoms with Crippen molar-refractivity contribution in [3.63, 3.8) is 0 Å². The molecule has 4 N–H and O–H groups in total. The predicted molar refractivity (Wildman–Crippen MR) is 87.9 cm³/mol. The number of benzene rings is 1. The smallest absolute Gasteiger partial charge is 0.251 e. The number of carbonyl (C=O) groups is 2. The molecule has 6 heteroatoms. The van der Waals surface area contributed by atoms with Gasteiger partial charge >= 0.3 is 0 Å². The van der Waals surface area contributed by atoms with Crippen molar-refractivity contribution >= 4 is 29.9 Å². The molecule has 0 aliphatic rings. The minimum Gasteiger partial charge on any atom is -0.355 e. The molecule has 0 bridgehead atoms. The molecular weight excluding hydrogens is 290 g/mol. The van der Waals surface area contributed by atoms with Crippen LogP contribution in [0.5, 0.6) is 0 Å². The van der Waals surface area contributed by atoms with E-state index in [4.69, 9.17) is 5.73 Å². The maximum Gasteiger partial charge on any atom is 0.251 e. The molecule has 0 heterocycles. The zero-order chi connectivity index (χ0) is 15.5. The van der Waals surface area contributed by atoms with Gasteiger partial charge in [-0.05, 0) is 30.0 Å². The van der Waals surface area contributed by atoms with E-state index in [-0.39, 0.29) is 29.6 Å². The number of anilines is 1. The minimum absolute atomic E-state index is 0. The van der Waals surface area contributed by atoms with Crippen molar-refractivity contribution in [2.45, 2.75) is 33.7 Å². The second kappa shape index (κ2) is 7.43. The Bertz CT molecular complexity index is 524. The van der Waals surface area contributed by atoms with Gasteiger partial charge in [0.2, 0.25) is 5.91 Å². The highest BCUT2D eigenvalue weighted by Crippen LogP contribution is 2.22. The van der Waals surface area contributed by atoms with Crippen LogP contribution >= 0.6 is 12.4 Å². The van der Waals surface area contributed by atoms with Gasteiger partial charge < -0.3 is 16.4 Å². The highest BCUT2D eigenvalue weighted by molar-refractivity contribution is 6.00. The Hall–Kier alpha value is -1.59. The lowest BCUT2D eigenvalue weighted by molar-refractivity contribution is -0.119. The quantitative estimate of drug-likeness (QED) is 0.799. The molecule has 0 spiro atoms. The average molecular weight is 314 g/mol. The van der Waals surface area contributed by atoms with Crippen molar-refractivity contribution < 1.29 is 9.59 Å². The number of nitrogens with one attached hydrogen (secondary N) is 2. The lowest BCUT2D eigenvalue weighted by atomic mass is 9.87. The molecule has 0 aliphatic heterocycles. The van der Waals surface area contributed by atoms with Gasteiger partial charge in [0.25, 0.3) is 5.91 Å². The summed E-state index contributed by atoms with van der Waals surface area (Å²) in [5.41, 5.74) is 7.47. The first kappa shape index (κ1) is 19.4. The maximum absolute atomic E-state index is 12.1. The Kier molecular flexibility index (Phi) is 6.86. The number of amides is 2. The molecule has 0 fully saturated rings. The monoisotopic (exact) mass is 313 g/mol. The maximum atomic E-state index is 12.1. The average Bonchev–Trinajstić information content (AvgIpc) is 2.38. The van der Waals surface area contributed by atoms with Crippen LogP contribution in [0.25, 0.3) is 0 Å². The van der Waals surface area contributed by atoms with Gasteiger partial charge in [0.05, 0.1) is 6.04 Å². The standard InChI is InChI=1S/C15H23N3O2.ClH/c1-9-10(13(19)17-5)7-6-8-11(9)18-14(20)12(16)15(2,3)4;/h6-8,12H,16H2,1-5H3,(H,17,19)(H,18,20);1H/t12-;/m1./s1. The lowest BCUT2D eigenvalue weighted by Crippen LogP contribution is -2.45. The lowest BCUT2D eigenvalue weighted by Gasteiger charge is -2.26. The van der Waals surface area contributed by atoms with Gasteiger partial charge in [-0.3, -0.25) is 9.59 Å². The van der Waals surface area contributed by atoms with Crippen LogP contribution in [0.4, 0.5) is 5.69 Å². The Morgan fingerprint density at radius 1 is 1.24 bits per heavy atom. The van der Waals surface area contributed by atoms with Crippen molar-refractivity contribution in [2.24, 2.45) is 11.1 Å². The van der Waals surface area contributed by atoms with Crippen molar-refractivity contribution in [3.05, 3.63) is 29.3 Å². The predicted octanol–water partition coefficient (Wildman–Crippen LogP) is 2.09. The zero-order valence-electron chi connectivity index (χ0n) is 13.1. The molecule has 1 aromatic rings. The van der Waals surface area contributed by atoms with E-state index in [0.717, 1.165) is 5.56 Å². The molecule has 0 aliphatic carbocycles. The number of hydrogen-bond acceptors (Lipinski definition) is 3. The molecule has 0 saturated heterocycles. The fourth-order valence-corrected chi connectivity index (χ4v) is 1.76. The Morgan fingerprint density at radius 2 is 1.81 bits per heavy atom. The van der Waals surface area contributed by atoms with Crippen LogP contribution in [0, 0.1) is 12.3 Å². The summed E-state index contributed by atoms with van der Waals surface area (Å²) in [6.07, 6.45) is 0. The van der Waals surface area contributed by atoms with E-state index in [1.165, 1.54) is 0 Å². The number of rotatable bonds is 3. The Labute approximate surface area is 132 Å². The van der Waals surface area contributed by atoms with Gasteiger partial charge in [0.15, 0.2) is 0 Å². The summed E-state index contributed by atoms with van der Waals surface area (Å²) in [5, 5.41) is 5.37. The van der Waals surface area contributed by atoms with Crippen LogP contribution in [0.2, 0.25) is 0 Å². The third-order valence-corrected chi connectivity index (χ3v) is 3.28. The highest BCUT2D eigenvalue weighted by Gasteiger charge is 2.27. The molecule has 1 atom stereocenters. The number of nitrogens with two attached hydrogens (primary N) is 1. The first-order valence-corrected chi connectivity index (χ1v) is 6.56. The SMILES string of the molecule is CNC(=O)c1cccc(NC(=O)[C@@H](N)C(C)(C)C)c1C.Cl. The molecule has 1 rings (SSSR count). The van der Waals surface area contributed by atoms with Gasteiger partial charge in [-0.2, -0.15) is 0 Å². The van der Waals surface area contributed by atoms with Gasteiger partial charge in [-0.25, -0.2) is 0 Å². The van der Waals surface area contributed by atoms with Crippen LogP contribution in [0.1, 0.15) is 36.7 Å². The van der Waals surface area contributed by atoms with E-state index in [1.54, 1.807) is 32.2 Å². The first-order valence-electron chi connectivity index (χ1n) is 6.56. The van der Waals surface area contributed by atoms with Crippen LogP contribution in [0.3, 0.4) is 0 Å². The van der Waals surface area contributed by atoms with E-state index in [1.807, 2.05) is 20.8 Å². The summed E-state index contributed by atoms with van der Waals surface area (Å²) >= 11 is 0. The molecule has 0 radical (unpaired) electrons. The molecule has 0 aromatic heterocycles. The number of carbonyl (C=O) groups excluding carboxylic acids is 2. The highest BCUT2D eigenvalue weighted by atomic mass is 35.5. The Morgan fingerprint density at radius 3 is 2.29 bits per heavy atom. The van der Waals surface area contributed by atoms with E-state index in [0.29, 0.717) is 11.3 Å². The van der Waals surface area contributed by atoms with E-state index < -0.39 is 6.04 Å². The van der Waals surface area contributed by atoms with Crippen LogP contribution < -0.4 is 16.4 Å². The molecule has 5 nitrogen and oxygen atoms in total. The summed E-state index contributed by atoms with van der Waals surface area (Å²) < 4.78 is 0. The number of hydrogen-bond donors (Lipinski definition) is 3. The normalized spacial score (nSPS) is 12.1. The van der Waals surface area contributed by atoms with Crippen molar-refractivity contribution in [3.8, 4) is 0 Å². The van der Waals surface area contributed by atoms with E-state index in [9.17, 15) is 9.59 Å². The van der Waals surface area contributed by atoms with Crippen LogP contribution in [-0.2, 0) is 4.79 Å². The fourth-order valence-electron chi connectivity index (χ4n) is 1.76. The van der Waals surface area contributed by atoms with Gasteiger partial charge in [-0.15, -0.1) is 12.4 Å². The van der Waals surface area contributed by atoms with Gasteiger partial charge in [0, 0.05) is 18.3 Å². The van der Waals surface area contributed by atoms with Crippen molar-refractivity contribution in [1.82, 2.24) is 5.32 Å². The van der Waals surface area contributed by atoms with Crippen LogP contribution in [0.15, 0.2) is 18.2 Å². The number of halogens is 1. The molecule has 2 amide bonds. The molecule has 21 heavy (non-hydrogen) atoms. The zero-order valence-corrected chi connectivity index (χ0v) is 13.9. The molecule has 118 valence electrons. The molecular formula is C15H24ClN3O2. The summed E-state index contributed by atoms with van der Waals surface area (Å²) in [6.45, 7) is 7.52. The van der Waals surface area contributed by atoms with E-state index in [2.05, 4.69) is 10.6 Å². The summed E-state index contributed by atoms with van der Waals surface area (Å²) in [4.78, 5) is 23.8. The largest absolute Gasteiger partial charge is 0.355 e. The second-order valence-corrected chi connectivity index (χ2v) is 5.89. The van der Waals surface area contributed by atoms with E-state index >= 15 is 0 Å². The molecule has 0 saturated carbocycles. The minimum atomic E-state index is -0.620. The fraction of sp³-hybridized carbons (Fsp3) is 0.467. The summed E-state index contributed by atoms with van der Waals surface area (Å²) in [5.74, 6) is -0.437. The molecule has 1 aromatic carbocycles. The summed E-state index contributed by atoms with van der Waals surface area (Å²) in [7, 11) is 1.57. The Balaban J connectivity index is 0.00000400. The first-order chi connectivity index (χ1) is 9.18. The van der Waals surface area contributed by atoms with Crippen LogP contribution in [-0.4, -0.2) is 24.9 Å². The third kappa shape index (κ3) is 4.72. The van der Waals surface area contributed by atoms with Crippen molar-refractivity contribution in [1.29, 1.82) is 0 Å². The molecule has 0 unspecified atom stereocenters. The second-order valence-electron chi connectivity index (χ2n) is 5.89. The summed E-state index contributed by atoms with van der Waals surface area (Å²) in [6, 6.07) is 4.59. The third-order valence-electron chi connectivity index (χ3n) is 3.28. The van der Waals surface area contributed by atoms with Crippen molar-refractivity contribution in [2.75, 3.05) is 12.4 Å². The van der Waals surface area contributed by atoms with Gasteiger partial charge in [-0.1, -0.05) is 26.8 Å². The topological polar surface area (TPSA) is 84.2 Å². The van der Waals surface area contributed by atoms with Gasteiger partial charge in [0.1, 0.15) is 0 Å².